The number of rotatable bonds is 16. The zero-order chi connectivity index (χ0) is 46.4. The van der Waals surface area contributed by atoms with E-state index in [9.17, 15) is 55.2 Å². The predicted octanol–water partition coefficient (Wildman–Crippen LogP) is 2.69. The van der Waals surface area contributed by atoms with Gasteiger partial charge in [-0.25, -0.2) is 15.0 Å². The molecular weight excluding hydrogens is 831 g/mol. The number of carboxylic acids is 2. The molecule has 0 radical (unpaired) electrons. The van der Waals surface area contributed by atoms with Crippen LogP contribution < -0.4 is 10.6 Å². The lowest BCUT2D eigenvalue weighted by Crippen LogP contribution is -2.59. The van der Waals surface area contributed by atoms with Crippen LogP contribution in [0.25, 0.3) is 0 Å². The smallest absolute Gasteiger partial charge is 0.330 e. The van der Waals surface area contributed by atoms with Gasteiger partial charge < -0.3 is 61.0 Å². The highest BCUT2D eigenvalue weighted by molar-refractivity contribution is 6.22. The van der Waals surface area contributed by atoms with Crippen molar-refractivity contribution in [2.75, 3.05) is 26.4 Å². The molecule has 1 amide bonds. The number of aliphatic hydroxyl groups excluding tert-OH is 6. The summed E-state index contributed by atoms with van der Waals surface area (Å²) in [6.45, 7) is 8.73. The third kappa shape index (κ3) is 8.16. The minimum Gasteiger partial charge on any atom is -0.511 e. The van der Waals surface area contributed by atoms with E-state index in [1.807, 2.05) is 46.8 Å². The number of carbonyl (C=O) groups is 3. The Labute approximate surface area is 369 Å². The Hall–Kier alpha value is -5.34. The molecule has 7 aliphatic rings. The number of amides is 1. The van der Waals surface area contributed by atoms with Crippen molar-refractivity contribution in [3.63, 3.8) is 0 Å². The van der Waals surface area contributed by atoms with E-state index >= 15 is 0 Å². The first-order valence-corrected chi connectivity index (χ1v) is 21.7. The Morgan fingerprint density at radius 1 is 0.875 bits per heavy atom. The molecule has 0 unspecified atom stereocenters. The van der Waals surface area contributed by atoms with Crippen LogP contribution >= 0.6 is 0 Å². The summed E-state index contributed by atoms with van der Waals surface area (Å²) in [6.07, 6.45) is 0.542. The van der Waals surface area contributed by atoms with Crippen molar-refractivity contribution in [3.8, 4) is 0 Å². The third-order valence-corrected chi connectivity index (χ3v) is 13.5. The van der Waals surface area contributed by atoms with Crippen molar-refractivity contribution in [1.82, 2.24) is 10.6 Å². The number of hydrogen-bond acceptors (Lipinski definition) is 15. The second kappa shape index (κ2) is 18.6. The summed E-state index contributed by atoms with van der Waals surface area (Å²) in [5.74, 6) is -6.28. The Morgan fingerprint density at radius 3 is 2.19 bits per heavy atom. The van der Waals surface area contributed by atoms with E-state index in [0.29, 0.717) is 106 Å². The average molecular weight is 888 g/mol. The number of carbonyl (C=O) groups excluding carboxylic acids is 1. The van der Waals surface area contributed by atoms with Crippen LogP contribution in [0.15, 0.2) is 106 Å². The Kier molecular flexibility index (Phi) is 13.6. The topological polar surface area (TPSA) is 293 Å². The van der Waals surface area contributed by atoms with Crippen molar-refractivity contribution in [1.29, 1.82) is 0 Å². The quantitative estimate of drug-likeness (QED) is 0.0788. The summed E-state index contributed by atoms with van der Waals surface area (Å²) in [4.78, 5) is 55.3. The number of aliphatic carboxylic acids is 2. The molecule has 1 aliphatic carbocycles. The summed E-state index contributed by atoms with van der Waals surface area (Å²) < 4.78 is 10.9. The van der Waals surface area contributed by atoms with Gasteiger partial charge in [-0.1, -0.05) is 26.7 Å². The van der Waals surface area contributed by atoms with Crippen molar-refractivity contribution in [3.05, 3.63) is 91.5 Å². The van der Waals surface area contributed by atoms with Gasteiger partial charge in [0.25, 0.3) is 0 Å². The highest BCUT2D eigenvalue weighted by Gasteiger charge is 2.57. The van der Waals surface area contributed by atoms with Crippen LogP contribution in [0.2, 0.25) is 0 Å². The average Bonchev–Trinajstić information content (AvgIpc) is 4.02. The van der Waals surface area contributed by atoms with Crippen molar-refractivity contribution < 1.29 is 64.7 Å². The number of aliphatic hydroxyl groups is 6. The summed E-state index contributed by atoms with van der Waals surface area (Å²) in [7, 11) is 0. The Bertz CT molecular complexity index is 2360. The van der Waals surface area contributed by atoms with Gasteiger partial charge in [-0.15, -0.1) is 0 Å². The number of aliphatic imine (C=N–C) groups is 3. The minimum atomic E-state index is -2.92. The molecule has 2 fully saturated rings. The summed E-state index contributed by atoms with van der Waals surface area (Å²) in [5, 5.41) is 88.9. The second-order valence-corrected chi connectivity index (χ2v) is 17.2. The monoisotopic (exact) mass is 887 g/mol. The highest BCUT2D eigenvalue weighted by atomic mass is 16.7. The molecule has 7 rings (SSSR count). The van der Waals surface area contributed by atoms with E-state index in [1.54, 1.807) is 6.08 Å². The zero-order valence-corrected chi connectivity index (χ0v) is 36.5. The molecule has 18 heteroatoms. The molecule has 0 saturated carbocycles. The van der Waals surface area contributed by atoms with Gasteiger partial charge in [0.05, 0.1) is 47.4 Å². The minimum absolute atomic E-state index is 0.0260. The van der Waals surface area contributed by atoms with Gasteiger partial charge in [0.2, 0.25) is 11.3 Å². The van der Waals surface area contributed by atoms with Crippen LogP contribution in [0, 0.1) is 17.3 Å². The molecule has 344 valence electrons. The highest BCUT2D eigenvalue weighted by Crippen LogP contribution is 2.48. The predicted molar refractivity (Wildman–Crippen MR) is 233 cm³/mol. The first-order valence-electron chi connectivity index (χ1n) is 21.7. The lowest BCUT2D eigenvalue weighted by Gasteiger charge is -2.39. The van der Waals surface area contributed by atoms with Crippen LogP contribution in [-0.4, -0.2) is 133 Å². The van der Waals surface area contributed by atoms with E-state index in [1.165, 1.54) is 0 Å². The summed E-state index contributed by atoms with van der Waals surface area (Å²) in [6, 6.07) is 0. The first-order chi connectivity index (χ1) is 30.5. The molecule has 6 heterocycles. The Balaban J connectivity index is 1.14. The van der Waals surface area contributed by atoms with Crippen LogP contribution in [-0.2, 0) is 23.9 Å². The molecule has 64 heavy (non-hydrogen) atoms. The number of nitrogens with zero attached hydrogens (tertiary/aromatic N) is 3. The molecule has 0 spiro atoms. The molecule has 7 atom stereocenters. The van der Waals surface area contributed by atoms with Gasteiger partial charge in [0, 0.05) is 59.5 Å². The number of hydrogen-bond donors (Lipinski definition) is 10. The van der Waals surface area contributed by atoms with Crippen LogP contribution in [0.5, 0.6) is 0 Å². The normalized spacial score (nSPS) is 27.8. The van der Waals surface area contributed by atoms with E-state index in [-0.39, 0.29) is 31.9 Å². The van der Waals surface area contributed by atoms with E-state index in [2.05, 4.69) is 10.6 Å². The van der Waals surface area contributed by atoms with Gasteiger partial charge in [0.1, 0.15) is 30.2 Å². The third-order valence-electron chi connectivity index (χ3n) is 13.5. The van der Waals surface area contributed by atoms with Gasteiger partial charge in [-0.3, -0.25) is 14.4 Å². The maximum absolute atomic E-state index is 14.0. The molecule has 2 saturated heterocycles. The number of ether oxygens (including phenoxy) is 2. The lowest BCUT2D eigenvalue weighted by molar-refractivity contribution is -0.301. The summed E-state index contributed by atoms with van der Waals surface area (Å²) in [5.41, 5.74) is 6.66. The van der Waals surface area contributed by atoms with Crippen molar-refractivity contribution in [2.45, 2.75) is 110 Å². The van der Waals surface area contributed by atoms with Gasteiger partial charge in [0.15, 0.2) is 6.29 Å². The van der Waals surface area contributed by atoms with E-state index < -0.39 is 78.8 Å². The maximum atomic E-state index is 14.0. The van der Waals surface area contributed by atoms with Crippen LogP contribution in [0.1, 0.15) is 79.6 Å². The van der Waals surface area contributed by atoms with Crippen LogP contribution in [0.3, 0.4) is 0 Å². The van der Waals surface area contributed by atoms with Gasteiger partial charge in [-0.2, -0.15) is 0 Å². The van der Waals surface area contributed by atoms with Gasteiger partial charge in [-0.05, 0) is 87.0 Å². The molecule has 8 bridgehead atoms. The Morgan fingerprint density at radius 2 is 1.53 bits per heavy atom. The lowest BCUT2D eigenvalue weighted by atomic mass is 9.73. The van der Waals surface area contributed by atoms with Crippen LogP contribution in [0.4, 0.5) is 0 Å². The number of unbranched alkanes of at least 4 members (excludes halogenated alkanes) is 3. The molecule has 18 nitrogen and oxygen atoms in total. The first kappa shape index (κ1) is 46.6. The fourth-order valence-electron chi connectivity index (χ4n) is 9.46. The number of nitrogens with one attached hydrogen (secondary N) is 2. The zero-order valence-electron chi connectivity index (χ0n) is 36.5. The molecular formula is C46H57N5O13. The standard InChI is InChI=1S/C46H57N5O13/c1-6-24-20(2)29-15-33-27(18-52)22(4)28(49-33)14-30-21(3)26(37(50-30)25-13-34(54)36-23(5)31(51-38(25)36)16-32(24)48-29)17-46(44(59)60,45(61)62)43(58)47-11-9-7-8-10-12-63-42-41(57)40(56)39(55)35(19-53)64-42/h14-16,21,26,35,39-42,50,52-57H,6-13,17-19H2,1-5H3,(H,47,58)(H,59,60)(H,61,62)/t21-,26-,35+,39-,40-,41+,42+/m0/s1. The number of carboxylic acid groups (broad SMARTS) is 2. The number of fused-ring (bicyclic) bond motifs is 5. The number of allylic oxidation sites excluding steroid dienone is 11. The van der Waals surface area contributed by atoms with Gasteiger partial charge >= 0.3 is 11.9 Å². The van der Waals surface area contributed by atoms with E-state index in [0.717, 1.165) is 11.1 Å². The SMILES string of the molecule is CCC1=C(C)C2=NC1=CC1=C(C)C3=C(O)CC(=C4NC(=CC5=NC(=C2)C(CO)=C5C)[C@@H](C)[C@@H]4CC(C(=O)O)(C(=O)O)C(=O)NCCCCCCO[C@@H]2O[C@H](CO)[C@H](O)[C@H](O)[C@H]2O)C3=N1. The molecule has 0 aromatic rings. The fourth-order valence-corrected chi connectivity index (χ4v) is 9.46. The molecule has 6 aliphatic heterocycles. The van der Waals surface area contributed by atoms with E-state index in [4.69, 9.17) is 24.5 Å². The molecule has 10 N–H and O–H groups in total. The van der Waals surface area contributed by atoms with Crippen molar-refractivity contribution in [2.24, 2.45) is 32.2 Å². The fraction of sp³-hybridized carbons (Fsp3) is 0.522. The second-order valence-electron chi connectivity index (χ2n) is 17.2. The molecule has 0 aromatic heterocycles. The molecule has 0 aromatic carbocycles. The summed E-state index contributed by atoms with van der Waals surface area (Å²) >= 11 is 0. The largest absolute Gasteiger partial charge is 0.511 e. The van der Waals surface area contributed by atoms with Crippen molar-refractivity contribution >= 4 is 35.0 Å². The maximum Gasteiger partial charge on any atom is 0.330 e.